The minimum Gasteiger partial charge on any atom is -0.455 e. The van der Waals surface area contributed by atoms with Crippen LogP contribution in [0.1, 0.15) is 25.7 Å². The molecule has 0 unspecified atom stereocenters. The molecule has 0 aromatic heterocycles. The maximum Gasteiger partial charge on any atom is 0.316 e. The standard InChI is InChI=1S/C20H19ClN2O3S/c21-15-7-3-5-14-6-4-8-16(19(14)15)27-12-18(25)26-11-17(24)23-20(13-22)9-1-2-10-20/h3-8H,1-2,9-12H2,(H,23,24). The zero-order valence-corrected chi connectivity index (χ0v) is 16.2. The Hall–Kier alpha value is -2.23. The Bertz CT molecular complexity index is 898. The van der Waals surface area contributed by atoms with Crippen LogP contribution in [0.3, 0.4) is 0 Å². The first-order valence-corrected chi connectivity index (χ1v) is 10.1. The van der Waals surface area contributed by atoms with Gasteiger partial charge in [-0.3, -0.25) is 9.59 Å². The molecule has 2 aromatic carbocycles. The molecule has 0 saturated heterocycles. The number of amides is 1. The summed E-state index contributed by atoms with van der Waals surface area (Å²) in [6.07, 6.45) is 3.11. The van der Waals surface area contributed by atoms with Gasteiger partial charge in [0.2, 0.25) is 0 Å². The van der Waals surface area contributed by atoms with Crippen LogP contribution in [-0.2, 0) is 14.3 Å². The fourth-order valence-electron chi connectivity index (χ4n) is 3.25. The van der Waals surface area contributed by atoms with Crippen LogP contribution >= 0.6 is 23.4 Å². The fourth-order valence-corrected chi connectivity index (χ4v) is 4.50. The van der Waals surface area contributed by atoms with Gasteiger partial charge in [0.05, 0.1) is 11.8 Å². The highest BCUT2D eigenvalue weighted by atomic mass is 35.5. The van der Waals surface area contributed by atoms with Crippen LogP contribution in [0.15, 0.2) is 41.3 Å². The van der Waals surface area contributed by atoms with E-state index in [-0.39, 0.29) is 12.4 Å². The van der Waals surface area contributed by atoms with Crippen molar-refractivity contribution >= 4 is 46.0 Å². The molecule has 1 aliphatic carbocycles. The van der Waals surface area contributed by atoms with Crippen molar-refractivity contribution in [2.45, 2.75) is 36.1 Å². The second-order valence-electron chi connectivity index (χ2n) is 6.49. The molecule has 3 rings (SSSR count). The van der Waals surface area contributed by atoms with Gasteiger partial charge in [-0.15, -0.1) is 11.8 Å². The predicted molar refractivity (Wildman–Crippen MR) is 106 cm³/mol. The molecule has 0 radical (unpaired) electrons. The fraction of sp³-hybridized carbons (Fsp3) is 0.350. The van der Waals surface area contributed by atoms with Crippen molar-refractivity contribution in [3.8, 4) is 6.07 Å². The van der Waals surface area contributed by atoms with Gasteiger partial charge in [-0.05, 0) is 43.2 Å². The summed E-state index contributed by atoms with van der Waals surface area (Å²) in [7, 11) is 0. The van der Waals surface area contributed by atoms with Gasteiger partial charge in [0, 0.05) is 15.3 Å². The van der Waals surface area contributed by atoms with E-state index in [4.69, 9.17) is 16.3 Å². The van der Waals surface area contributed by atoms with Crippen molar-refractivity contribution in [3.63, 3.8) is 0 Å². The Kier molecular flexibility index (Phi) is 6.25. The highest BCUT2D eigenvalue weighted by Crippen LogP contribution is 2.33. The van der Waals surface area contributed by atoms with E-state index in [1.54, 1.807) is 0 Å². The number of benzene rings is 2. The summed E-state index contributed by atoms with van der Waals surface area (Å²) in [5, 5.41) is 14.5. The number of carbonyl (C=O) groups excluding carboxylic acids is 2. The molecule has 1 aliphatic rings. The van der Waals surface area contributed by atoms with Gasteiger partial charge in [0.15, 0.2) is 6.61 Å². The number of carbonyl (C=O) groups is 2. The zero-order valence-electron chi connectivity index (χ0n) is 14.7. The molecule has 0 atom stereocenters. The lowest BCUT2D eigenvalue weighted by molar-refractivity contribution is -0.146. The number of nitriles is 1. The van der Waals surface area contributed by atoms with Crippen LogP contribution in [0, 0.1) is 11.3 Å². The maximum absolute atomic E-state index is 12.0. The topological polar surface area (TPSA) is 79.2 Å². The Labute approximate surface area is 167 Å². The van der Waals surface area contributed by atoms with Crippen molar-refractivity contribution in [3.05, 3.63) is 41.4 Å². The molecule has 0 heterocycles. The van der Waals surface area contributed by atoms with Crippen molar-refractivity contribution < 1.29 is 14.3 Å². The second kappa shape index (κ2) is 8.64. The van der Waals surface area contributed by atoms with E-state index < -0.39 is 17.4 Å². The highest BCUT2D eigenvalue weighted by molar-refractivity contribution is 8.00. The van der Waals surface area contributed by atoms with Gasteiger partial charge in [-0.2, -0.15) is 5.26 Å². The number of hydrogen-bond acceptors (Lipinski definition) is 5. The maximum atomic E-state index is 12.0. The Balaban J connectivity index is 1.52. The lowest BCUT2D eigenvalue weighted by Crippen LogP contribution is -2.46. The molecule has 27 heavy (non-hydrogen) atoms. The number of esters is 1. The van der Waals surface area contributed by atoms with Crippen LogP contribution in [0.4, 0.5) is 0 Å². The number of fused-ring (bicyclic) bond motifs is 1. The lowest BCUT2D eigenvalue weighted by atomic mass is 10.00. The Morgan fingerprint density at radius 1 is 1.22 bits per heavy atom. The third-order valence-corrected chi connectivity index (χ3v) is 5.92. The van der Waals surface area contributed by atoms with Crippen LogP contribution in [-0.4, -0.2) is 29.8 Å². The molecule has 1 saturated carbocycles. The molecule has 7 heteroatoms. The molecule has 0 aliphatic heterocycles. The average molecular weight is 403 g/mol. The van der Waals surface area contributed by atoms with E-state index in [9.17, 15) is 14.9 Å². The first-order chi connectivity index (χ1) is 13.0. The number of thioether (sulfide) groups is 1. The lowest BCUT2D eigenvalue weighted by Gasteiger charge is -2.21. The summed E-state index contributed by atoms with van der Waals surface area (Å²) in [6.45, 7) is -0.376. The van der Waals surface area contributed by atoms with Crippen molar-refractivity contribution in [2.75, 3.05) is 12.4 Å². The first kappa shape index (κ1) is 19.5. The summed E-state index contributed by atoms with van der Waals surface area (Å²) in [4.78, 5) is 24.9. The van der Waals surface area contributed by atoms with Crippen LogP contribution in [0.25, 0.3) is 10.8 Å². The molecular formula is C20H19ClN2O3S. The smallest absolute Gasteiger partial charge is 0.316 e. The zero-order chi connectivity index (χ0) is 19.3. The molecule has 0 bridgehead atoms. The number of nitrogens with one attached hydrogen (secondary N) is 1. The largest absolute Gasteiger partial charge is 0.455 e. The number of nitrogens with zero attached hydrogens (tertiary/aromatic N) is 1. The van der Waals surface area contributed by atoms with Gasteiger partial charge in [-0.1, -0.05) is 35.9 Å². The van der Waals surface area contributed by atoms with Crippen LogP contribution < -0.4 is 5.32 Å². The van der Waals surface area contributed by atoms with Gasteiger partial charge >= 0.3 is 5.97 Å². The van der Waals surface area contributed by atoms with Gasteiger partial charge in [0.25, 0.3) is 5.91 Å². The molecular weight excluding hydrogens is 384 g/mol. The highest BCUT2D eigenvalue weighted by Gasteiger charge is 2.35. The Morgan fingerprint density at radius 3 is 2.63 bits per heavy atom. The van der Waals surface area contributed by atoms with Gasteiger partial charge < -0.3 is 10.1 Å². The first-order valence-electron chi connectivity index (χ1n) is 8.71. The van der Waals surface area contributed by atoms with E-state index in [2.05, 4.69) is 11.4 Å². The third kappa shape index (κ3) is 4.74. The second-order valence-corrected chi connectivity index (χ2v) is 7.92. The molecule has 2 aromatic rings. The number of rotatable bonds is 6. The molecule has 5 nitrogen and oxygen atoms in total. The van der Waals surface area contributed by atoms with E-state index in [0.717, 1.165) is 28.5 Å². The monoisotopic (exact) mass is 402 g/mol. The van der Waals surface area contributed by atoms with E-state index >= 15 is 0 Å². The summed E-state index contributed by atoms with van der Waals surface area (Å²) in [5.74, 6) is -0.859. The van der Waals surface area contributed by atoms with E-state index in [0.29, 0.717) is 17.9 Å². The van der Waals surface area contributed by atoms with Crippen molar-refractivity contribution in [2.24, 2.45) is 0 Å². The Morgan fingerprint density at radius 2 is 1.93 bits per heavy atom. The normalized spacial score (nSPS) is 15.3. The summed E-state index contributed by atoms with van der Waals surface area (Å²) >= 11 is 7.60. The molecule has 140 valence electrons. The minimum atomic E-state index is -0.808. The van der Waals surface area contributed by atoms with Crippen LogP contribution in [0.2, 0.25) is 5.02 Å². The van der Waals surface area contributed by atoms with Crippen LogP contribution in [0.5, 0.6) is 0 Å². The predicted octanol–water partition coefficient (Wildman–Crippen LogP) is 4.08. The van der Waals surface area contributed by atoms with Crippen molar-refractivity contribution in [1.29, 1.82) is 5.26 Å². The summed E-state index contributed by atoms with van der Waals surface area (Å²) < 4.78 is 5.05. The number of halogens is 1. The third-order valence-electron chi connectivity index (χ3n) is 4.58. The average Bonchev–Trinajstić information content (AvgIpc) is 3.13. The van der Waals surface area contributed by atoms with Gasteiger partial charge in [-0.25, -0.2) is 0 Å². The summed E-state index contributed by atoms with van der Waals surface area (Å²) in [6, 6.07) is 13.6. The van der Waals surface area contributed by atoms with E-state index in [1.807, 2.05) is 36.4 Å². The van der Waals surface area contributed by atoms with E-state index in [1.165, 1.54) is 11.8 Å². The summed E-state index contributed by atoms with van der Waals surface area (Å²) in [5.41, 5.74) is -0.808. The molecule has 0 spiro atoms. The number of ether oxygens (including phenoxy) is 1. The minimum absolute atomic E-state index is 0.0704. The molecule has 1 N–H and O–H groups in total. The van der Waals surface area contributed by atoms with Crippen molar-refractivity contribution in [1.82, 2.24) is 5.32 Å². The molecule has 1 amide bonds. The van der Waals surface area contributed by atoms with Gasteiger partial charge in [0.1, 0.15) is 5.54 Å². The SMILES string of the molecule is N#CC1(NC(=O)COC(=O)CSc2cccc3cccc(Cl)c23)CCCC1. The molecule has 1 fully saturated rings. The quantitative estimate of drug-likeness (QED) is 0.581. The number of hydrogen-bond donors (Lipinski definition) is 1.